The second-order valence-corrected chi connectivity index (χ2v) is 5.73. The van der Waals surface area contributed by atoms with Crippen LogP contribution in [0.25, 0.3) is 0 Å². The van der Waals surface area contributed by atoms with E-state index < -0.39 is 0 Å². The van der Waals surface area contributed by atoms with E-state index in [0.29, 0.717) is 6.04 Å². The molecular weight excluding hydrogens is 241 g/mol. The normalized spacial score (nSPS) is 28.5. The summed E-state index contributed by atoms with van der Waals surface area (Å²) >= 11 is 0. The average Bonchev–Trinajstić information content (AvgIpc) is 2.41. The van der Waals surface area contributed by atoms with Gasteiger partial charge in [0, 0.05) is 37.4 Å². The average molecular weight is 265 g/mol. The van der Waals surface area contributed by atoms with Gasteiger partial charge in [0.05, 0.1) is 6.20 Å². The first-order chi connectivity index (χ1) is 9.07. The third kappa shape index (κ3) is 3.31. The van der Waals surface area contributed by atoms with Gasteiger partial charge in [-0.05, 0) is 31.4 Å². The molecule has 2 rings (SSSR count). The predicted octanol–water partition coefficient (Wildman–Crippen LogP) is 2.57. The van der Waals surface area contributed by atoms with Crippen LogP contribution in [0.3, 0.4) is 0 Å². The highest BCUT2D eigenvalue weighted by Crippen LogP contribution is 2.25. The van der Waals surface area contributed by atoms with E-state index in [9.17, 15) is 4.39 Å². The van der Waals surface area contributed by atoms with E-state index in [2.05, 4.69) is 36.0 Å². The van der Waals surface area contributed by atoms with E-state index in [4.69, 9.17) is 0 Å². The molecule has 2 unspecified atom stereocenters. The molecule has 1 aromatic heterocycles. The van der Waals surface area contributed by atoms with Crippen LogP contribution in [-0.2, 0) is 6.54 Å². The van der Waals surface area contributed by atoms with Crippen LogP contribution in [0.1, 0.15) is 39.2 Å². The summed E-state index contributed by atoms with van der Waals surface area (Å²) in [5, 5.41) is 3.61. The summed E-state index contributed by atoms with van der Waals surface area (Å²) in [4.78, 5) is 6.41. The Balaban J connectivity index is 2.14. The summed E-state index contributed by atoms with van der Waals surface area (Å²) in [6, 6.07) is 2.12. The first-order valence-electron chi connectivity index (χ1n) is 7.15. The number of nitrogens with zero attached hydrogens (tertiary/aromatic N) is 2. The number of rotatable bonds is 4. The third-order valence-electron chi connectivity index (χ3n) is 4.37. The lowest BCUT2D eigenvalue weighted by atomic mass is 9.91. The van der Waals surface area contributed by atoms with Crippen LogP contribution in [0.5, 0.6) is 0 Å². The molecule has 0 bridgehead atoms. The summed E-state index contributed by atoms with van der Waals surface area (Å²) in [5.74, 6) is -0.252. The Kier molecular flexibility index (Phi) is 4.53. The Morgan fingerprint density at radius 2 is 2.26 bits per heavy atom. The number of hydrogen-bond donors (Lipinski definition) is 1. The zero-order valence-corrected chi connectivity index (χ0v) is 12.1. The minimum Gasteiger partial charge on any atom is -0.311 e. The van der Waals surface area contributed by atoms with Crippen LogP contribution in [0.4, 0.5) is 4.39 Å². The van der Waals surface area contributed by atoms with Crippen molar-refractivity contribution in [2.75, 3.05) is 13.1 Å². The summed E-state index contributed by atoms with van der Waals surface area (Å²) in [5.41, 5.74) is 1.09. The van der Waals surface area contributed by atoms with Crippen LogP contribution in [0.2, 0.25) is 0 Å². The van der Waals surface area contributed by atoms with Crippen LogP contribution >= 0.6 is 0 Å². The second-order valence-electron chi connectivity index (χ2n) is 5.73. The predicted molar refractivity (Wildman–Crippen MR) is 75.4 cm³/mol. The fourth-order valence-corrected chi connectivity index (χ4v) is 2.67. The Labute approximate surface area is 115 Å². The monoisotopic (exact) mass is 265 g/mol. The van der Waals surface area contributed by atoms with Gasteiger partial charge in [0.2, 0.25) is 0 Å². The number of nitrogens with one attached hydrogen (secondary N) is 1. The molecule has 0 aliphatic carbocycles. The quantitative estimate of drug-likeness (QED) is 0.907. The van der Waals surface area contributed by atoms with E-state index in [0.717, 1.165) is 38.0 Å². The van der Waals surface area contributed by atoms with E-state index in [1.807, 2.05) is 0 Å². The standard InChI is InChI=1S/C15H24FN3/c1-4-14-10-19(15(3,5-2)11-18-14)9-12-6-13(16)8-17-7-12/h6-8,14,18H,4-5,9-11H2,1-3H3. The van der Waals surface area contributed by atoms with Crippen molar-refractivity contribution in [3.05, 3.63) is 29.8 Å². The highest BCUT2D eigenvalue weighted by atomic mass is 19.1. The van der Waals surface area contributed by atoms with Gasteiger partial charge in [0.15, 0.2) is 0 Å². The molecule has 0 radical (unpaired) electrons. The lowest BCUT2D eigenvalue weighted by Crippen LogP contribution is -2.62. The van der Waals surface area contributed by atoms with E-state index in [1.54, 1.807) is 12.3 Å². The van der Waals surface area contributed by atoms with E-state index in [1.165, 1.54) is 6.20 Å². The van der Waals surface area contributed by atoms with Crippen molar-refractivity contribution in [2.24, 2.45) is 0 Å². The third-order valence-corrected chi connectivity index (χ3v) is 4.37. The Morgan fingerprint density at radius 3 is 2.89 bits per heavy atom. The molecule has 0 spiro atoms. The van der Waals surface area contributed by atoms with Crippen LogP contribution in [0.15, 0.2) is 18.5 Å². The molecule has 0 amide bonds. The van der Waals surface area contributed by atoms with Gasteiger partial charge in [-0.3, -0.25) is 9.88 Å². The smallest absolute Gasteiger partial charge is 0.141 e. The zero-order valence-electron chi connectivity index (χ0n) is 12.1. The maximum atomic E-state index is 13.2. The van der Waals surface area contributed by atoms with Gasteiger partial charge in [-0.15, -0.1) is 0 Å². The first-order valence-corrected chi connectivity index (χ1v) is 7.15. The number of halogens is 1. The van der Waals surface area contributed by atoms with Gasteiger partial charge in [-0.2, -0.15) is 0 Å². The molecule has 2 atom stereocenters. The highest BCUT2D eigenvalue weighted by Gasteiger charge is 2.35. The van der Waals surface area contributed by atoms with E-state index >= 15 is 0 Å². The maximum Gasteiger partial charge on any atom is 0.141 e. The van der Waals surface area contributed by atoms with Crippen molar-refractivity contribution in [2.45, 2.75) is 51.7 Å². The lowest BCUT2D eigenvalue weighted by Gasteiger charge is -2.48. The Morgan fingerprint density at radius 1 is 1.47 bits per heavy atom. The van der Waals surface area contributed by atoms with Gasteiger partial charge in [-0.1, -0.05) is 13.8 Å². The van der Waals surface area contributed by atoms with Crippen LogP contribution in [-0.4, -0.2) is 34.6 Å². The summed E-state index contributed by atoms with van der Waals surface area (Å²) in [7, 11) is 0. The molecular formula is C15H24FN3. The van der Waals surface area contributed by atoms with Crippen molar-refractivity contribution < 1.29 is 4.39 Å². The molecule has 3 nitrogen and oxygen atoms in total. The molecule has 1 N–H and O–H groups in total. The largest absolute Gasteiger partial charge is 0.311 e. The molecule has 1 saturated heterocycles. The van der Waals surface area contributed by atoms with Crippen LogP contribution < -0.4 is 5.32 Å². The number of piperazine rings is 1. The minimum atomic E-state index is -0.252. The van der Waals surface area contributed by atoms with Gasteiger partial charge in [0.25, 0.3) is 0 Å². The zero-order chi connectivity index (χ0) is 13.9. The molecule has 1 aliphatic heterocycles. The molecule has 1 aliphatic rings. The van der Waals surface area contributed by atoms with Crippen molar-refractivity contribution in [1.82, 2.24) is 15.2 Å². The summed E-state index contributed by atoms with van der Waals surface area (Å²) in [6.45, 7) is 9.47. The molecule has 0 saturated carbocycles. The topological polar surface area (TPSA) is 28.2 Å². The van der Waals surface area contributed by atoms with Gasteiger partial charge in [-0.25, -0.2) is 4.39 Å². The number of aromatic nitrogens is 1. The highest BCUT2D eigenvalue weighted by molar-refractivity contribution is 5.11. The van der Waals surface area contributed by atoms with Crippen LogP contribution in [0, 0.1) is 5.82 Å². The summed E-state index contributed by atoms with van der Waals surface area (Å²) < 4.78 is 13.2. The lowest BCUT2D eigenvalue weighted by molar-refractivity contribution is 0.0407. The summed E-state index contributed by atoms with van der Waals surface area (Å²) in [6.07, 6.45) is 5.23. The second kappa shape index (κ2) is 5.97. The fraction of sp³-hybridized carbons (Fsp3) is 0.667. The number of pyridine rings is 1. The van der Waals surface area contributed by atoms with Gasteiger partial charge in [0.1, 0.15) is 5.82 Å². The fourth-order valence-electron chi connectivity index (χ4n) is 2.67. The van der Waals surface area contributed by atoms with E-state index in [-0.39, 0.29) is 11.4 Å². The van der Waals surface area contributed by atoms with Gasteiger partial charge >= 0.3 is 0 Å². The minimum absolute atomic E-state index is 0.137. The Bertz CT molecular complexity index is 424. The molecule has 0 aromatic carbocycles. The maximum absolute atomic E-state index is 13.2. The first kappa shape index (κ1) is 14.4. The molecule has 106 valence electrons. The van der Waals surface area contributed by atoms with Crippen molar-refractivity contribution in [3.63, 3.8) is 0 Å². The molecule has 19 heavy (non-hydrogen) atoms. The molecule has 1 fully saturated rings. The van der Waals surface area contributed by atoms with Crippen molar-refractivity contribution in [1.29, 1.82) is 0 Å². The Hall–Kier alpha value is -1.00. The van der Waals surface area contributed by atoms with Crippen molar-refractivity contribution >= 4 is 0 Å². The SMILES string of the molecule is CCC1CN(Cc2cncc(F)c2)C(C)(CC)CN1. The molecule has 4 heteroatoms. The molecule has 2 heterocycles. The number of hydrogen-bond acceptors (Lipinski definition) is 3. The molecule has 1 aromatic rings. The van der Waals surface area contributed by atoms with Crippen molar-refractivity contribution in [3.8, 4) is 0 Å². The van der Waals surface area contributed by atoms with Gasteiger partial charge < -0.3 is 5.32 Å².